The Morgan fingerprint density at radius 3 is 1.26 bits per heavy atom. The lowest BCUT2D eigenvalue weighted by Crippen LogP contribution is -2.61. The van der Waals surface area contributed by atoms with Crippen molar-refractivity contribution in [2.75, 3.05) is 31.8 Å². The second kappa shape index (κ2) is 43.4. The predicted molar refractivity (Wildman–Crippen MR) is 358 cm³/mol. The molecule has 550 valence electrons. The van der Waals surface area contributed by atoms with Gasteiger partial charge in [-0.25, -0.2) is 4.79 Å². The molecule has 2 rings (SSSR count). The number of nitrogens with two attached hydrogens (primary N) is 4. The van der Waals surface area contributed by atoms with Crippen molar-refractivity contribution in [1.29, 1.82) is 0 Å². The SMILES string of the molecule is CSCC[C@H](NC(=O)[C@H](C)NC(=O)[C@H](C)NC(=O)[C@H](CCC(N)=O)NC(=O)[C@H](CC(C)C)NC(=O)[C@H](CO)NC(=O)[C@H](Cc1ccc(O)cc1)NC(=O)[C@H](CCCN=C(N)N)NC(=O)[C@H](CO)NC(=O)[C@H](CC(=O)O)NC(=O)[C@@H](N)CC(C)C)C(=O)N[C@@H](Cc1ccc(O)cc1)C(=O)O. The van der Waals surface area contributed by atoms with E-state index in [1.807, 2.05) is 0 Å². The van der Waals surface area contributed by atoms with E-state index in [-0.39, 0.29) is 74.4 Å². The number of benzene rings is 2. The summed E-state index contributed by atoms with van der Waals surface area (Å²) in [5, 5.41) is 86.1. The van der Waals surface area contributed by atoms with Gasteiger partial charge in [0.1, 0.15) is 78.0 Å². The number of phenolic OH excluding ortho intramolecular Hbond substituents is 2. The monoisotopic (exact) mass is 1420 g/mol. The molecular formula is C62H96N16O20S. The number of primary amides is 1. The Labute approximate surface area is 575 Å². The van der Waals surface area contributed by atoms with Crippen LogP contribution in [0.1, 0.15) is 104 Å². The molecule has 0 unspecified atom stereocenters. The van der Waals surface area contributed by atoms with Gasteiger partial charge in [-0.1, -0.05) is 52.0 Å². The Morgan fingerprint density at radius 2 is 0.808 bits per heavy atom. The van der Waals surface area contributed by atoms with Crippen molar-refractivity contribution in [3.63, 3.8) is 0 Å². The lowest BCUT2D eigenvalue weighted by Gasteiger charge is -2.28. The quantitative estimate of drug-likeness (QED) is 0.0167. The maximum absolute atomic E-state index is 14.4. The van der Waals surface area contributed by atoms with Crippen LogP contribution < -0.4 is 81.4 Å². The van der Waals surface area contributed by atoms with Crippen LogP contribution >= 0.6 is 11.8 Å². The molecule has 25 N–H and O–H groups in total. The molecule has 0 aliphatic rings. The number of nitrogens with one attached hydrogen (secondary N) is 11. The number of aliphatic carboxylic acids is 2. The fourth-order valence-electron chi connectivity index (χ4n) is 9.33. The number of carboxylic acid groups (broad SMARTS) is 2. The average Bonchev–Trinajstić information content (AvgIpc) is 0.890. The first-order chi connectivity index (χ1) is 46.5. The average molecular weight is 1420 g/mol. The number of aliphatic imine (C=N–C) groups is 1. The Morgan fingerprint density at radius 1 is 0.444 bits per heavy atom. The van der Waals surface area contributed by atoms with E-state index in [0.717, 1.165) is 0 Å². The second-order valence-corrected chi connectivity index (χ2v) is 25.1. The van der Waals surface area contributed by atoms with Crippen LogP contribution in [-0.4, -0.2) is 224 Å². The number of amides is 12. The molecule has 0 heterocycles. The Balaban J connectivity index is 2.39. The van der Waals surface area contributed by atoms with Gasteiger partial charge in [0, 0.05) is 25.8 Å². The Kier molecular flexibility index (Phi) is 37.4. The van der Waals surface area contributed by atoms with Crippen molar-refractivity contribution in [3.8, 4) is 11.5 Å². The van der Waals surface area contributed by atoms with E-state index in [1.54, 1.807) is 34.0 Å². The zero-order chi connectivity index (χ0) is 74.8. The summed E-state index contributed by atoms with van der Waals surface area (Å²) in [6.45, 7) is 6.96. The predicted octanol–water partition coefficient (Wildman–Crippen LogP) is -5.71. The van der Waals surface area contributed by atoms with Gasteiger partial charge in [-0.2, -0.15) is 11.8 Å². The van der Waals surface area contributed by atoms with E-state index in [1.165, 1.54) is 74.1 Å². The molecule has 0 aliphatic heterocycles. The normalized spacial score (nSPS) is 14.7. The highest BCUT2D eigenvalue weighted by Crippen LogP contribution is 2.16. The van der Waals surface area contributed by atoms with Crippen LogP contribution in [-0.2, 0) is 80.0 Å². The number of aromatic hydroxyl groups is 2. The zero-order valence-electron chi connectivity index (χ0n) is 56.2. The number of thioether (sulfide) groups is 1. The van der Waals surface area contributed by atoms with E-state index >= 15 is 0 Å². The van der Waals surface area contributed by atoms with Crippen molar-refractivity contribution in [3.05, 3.63) is 59.7 Å². The number of hydrogen-bond donors (Lipinski definition) is 21. The van der Waals surface area contributed by atoms with Crippen LogP contribution in [0.3, 0.4) is 0 Å². The molecule has 2 aromatic rings. The van der Waals surface area contributed by atoms with Crippen LogP contribution in [0.4, 0.5) is 0 Å². The number of carbonyl (C=O) groups excluding carboxylic acids is 12. The third-order valence-electron chi connectivity index (χ3n) is 14.7. The van der Waals surface area contributed by atoms with Crippen molar-refractivity contribution in [1.82, 2.24) is 58.5 Å². The molecule has 12 amide bonds. The van der Waals surface area contributed by atoms with Gasteiger partial charge in [0.05, 0.1) is 25.7 Å². The molecule has 99 heavy (non-hydrogen) atoms. The van der Waals surface area contributed by atoms with E-state index in [2.05, 4.69) is 63.5 Å². The molecule has 2 aromatic carbocycles. The van der Waals surface area contributed by atoms with Crippen molar-refractivity contribution < 1.29 is 97.8 Å². The molecular weight excluding hydrogens is 1320 g/mol. The van der Waals surface area contributed by atoms with E-state index in [9.17, 15) is 97.8 Å². The number of carbonyl (C=O) groups is 14. The van der Waals surface area contributed by atoms with Crippen molar-refractivity contribution in [2.24, 2.45) is 39.8 Å². The smallest absolute Gasteiger partial charge is 0.326 e. The fourth-order valence-corrected chi connectivity index (χ4v) is 9.80. The lowest BCUT2D eigenvalue weighted by atomic mass is 10.0. The number of rotatable bonds is 45. The summed E-state index contributed by atoms with van der Waals surface area (Å²) in [6.07, 6.45) is -1.02. The first-order valence-corrected chi connectivity index (χ1v) is 33.0. The van der Waals surface area contributed by atoms with Gasteiger partial charge in [-0.15, -0.1) is 0 Å². The van der Waals surface area contributed by atoms with Gasteiger partial charge < -0.3 is 112 Å². The van der Waals surface area contributed by atoms with Gasteiger partial charge in [0.15, 0.2) is 5.96 Å². The molecule has 12 atom stereocenters. The molecule has 37 heteroatoms. The summed E-state index contributed by atoms with van der Waals surface area (Å²) in [5.41, 5.74) is 23.1. The first-order valence-electron chi connectivity index (χ1n) is 31.6. The number of aliphatic hydroxyl groups is 2. The minimum Gasteiger partial charge on any atom is -0.508 e. The maximum Gasteiger partial charge on any atom is 0.326 e. The summed E-state index contributed by atoms with van der Waals surface area (Å²) in [7, 11) is 0. The Bertz CT molecular complexity index is 3120. The van der Waals surface area contributed by atoms with E-state index in [0.29, 0.717) is 16.9 Å². The van der Waals surface area contributed by atoms with E-state index < -0.39 is 194 Å². The molecule has 0 spiro atoms. The minimum atomic E-state index is -1.90. The lowest BCUT2D eigenvalue weighted by molar-refractivity contribution is -0.142. The van der Waals surface area contributed by atoms with Crippen LogP contribution in [0.15, 0.2) is 53.5 Å². The van der Waals surface area contributed by atoms with Gasteiger partial charge in [-0.05, 0) is 112 Å². The zero-order valence-corrected chi connectivity index (χ0v) is 57.0. The van der Waals surface area contributed by atoms with Gasteiger partial charge >= 0.3 is 11.9 Å². The molecule has 0 aliphatic carbocycles. The highest BCUT2D eigenvalue weighted by Gasteiger charge is 2.37. The largest absolute Gasteiger partial charge is 0.508 e. The molecule has 0 radical (unpaired) electrons. The summed E-state index contributed by atoms with van der Waals surface area (Å²) < 4.78 is 0. The third kappa shape index (κ3) is 32.4. The number of aliphatic hydroxyl groups excluding tert-OH is 2. The fraction of sp³-hybridized carbons (Fsp3) is 0.565. The molecule has 0 fully saturated rings. The topological polar surface area (TPSA) is 609 Å². The van der Waals surface area contributed by atoms with Crippen LogP contribution in [0.25, 0.3) is 0 Å². The number of nitrogens with zero attached hydrogens (tertiary/aromatic N) is 1. The Hall–Kier alpha value is -9.88. The number of guanidine groups is 1. The summed E-state index contributed by atoms with van der Waals surface area (Å²) >= 11 is 1.33. The van der Waals surface area contributed by atoms with E-state index in [4.69, 9.17) is 22.9 Å². The van der Waals surface area contributed by atoms with Crippen LogP contribution in [0.2, 0.25) is 0 Å². The van der Waals surface area contributed by atoms with Gasteiger partial charge in [0.2, 0.25) is 70.9 Å². The number of hydrogen-bond acceptors (Lipinski definition) is 21. The first kappa shape index (κ1) is 85.2. The molecule has 0 saturated heterocycles. The molecule has 0 saturated carbocycles. The van der Waals surface area contributed by atoms with Crippen molar-refractivity contribution >= 4 is 101 Å². The van der Waals surface area contributed by atoms with Crippen LogP contribution in [0.5, 0.6) is 11.5 Å². The van der Waals surface area contributed by atoms with Gasteiger partial charge in [0.25, 0.3) is 0 Å². The number of phenols is 2. The highest BCUT2D eigenvalue weighted by molar-refractivity contribution is 7.98. The van der Waals surface area contributed by atoms with Gasteiger partial charge in [-0.3, -0.25) is 67.3 Å². The molecule has 36 nitrogen and oxygen atoms in total. The molecule has 0 bridgehead atoms. The minimum absolute atomic E-state index is 0.0333. The summed E-state index contributed by atoms with van der Waals surface area (Å²) in [5.74, 6) is -16.0. The number of carboxylic acids is 2. The van der Waals surface area contributed by atoms with Crippen molar-refractivity contribution in [2.45, 2.75) is 178 Å². The standard InChI is InChI=1S/C62H96N16O20S/c1-30(2)23-38(63)52(88)73-44(27-49(84)85)58(94)78-46(28-79)59(95)71-39(9-8-21-67-62(65)66)54(90)75-43(25-34-10-14-36(81)15-11-34)57(93)77-47(29-80)60(96)74-42(24-31(3)4)56(92)72-40(18-19-48(64)83)53(89)69-32(5)50(86)68-33(6)51(87)70-41(20-22-99-7)55(91)76-45(61(97)98)26-35-12-16-37(82)17-13-35/h10-17,30-33,38-47,79-82H,8-9,18-29,63H2,1-7H3,(H2,64,83)(H,68,86)(H,69,89)(H,70,87)(H,71,95)(H,72,92)(H,73,88)(H,74,96)(H,75,90)(H,76,91)(H,77,93)(H,78,94)(H,84,85)(H,97,98)(H4,65,66,67)/t32-,33-,38-,39-,40-,41-,42-,43-,44-,45-,46-,47-/m0/s1. The third-order valence-corrected chi connectivity index (χ3v) is 15.3. The summed E-state index contributed by atoms with van der Waals surface area (Å²) in [4.78, 5) is 191. The maximum atomic E-state index is 14.4. The second-order valence-electron chi connectivity index (χ2n) is 24.2. The summed E-state index contributed by atoms with van der Waals surface area (Å²) in [6, 6.07) is -7.87. The van der Waals surface area contributed by atoms with Crippen LogP contribution in [0, 0.1) is 11.8 Å². The molecule has 0 aromatic heterocycles. The highest BCUT2D eigenvalue weighted by atomic mass is 32.2.